The minimum absolute atomic E-state index is 0.367. The summed E-state index contributed by atoms with van der Waals surface area (Å²) in [6.45, 7) is 11.8. The quantitative estimate of drug-likeness (QED) is 0.594. The van der Waals surface area contributed by atoms with Crippen molar-refractivity contribution < 1.29 is 4.48 Å². The highest BCUT2D eigenvalue weighted by molar-refractivity contribution is 4.85. The summed E-state index contributed by atoms with van der Waals surface area (Å²) >= 11 is 0. The molecular formula is C11H25N2+. The van der Waals surface area contributed by atoms with Gasteiger partial charge in [-0.3, -0.25) is 0 Å². The normalized spacial score (nSPS) is 29.5. The van der Waals surface area contributed by atoms with E-state index in [0.717, 1.165) is 10.5 Å². The molecule has 1 unspecified atom stereocenters. The minimum Gasteiger partial charge on any atom is -0.315 e. The van der Waals surface area contributed by atoms with E-state index in [0.29, 0.717) is 5.54 Å². The molecule has 0 spiro atoms. The number of hydrogen-bond donors (Lipinski definition) is 0. The van der Waals surface area contributed by atoms with Gasteiger partial charge in [-0.15, -0.1) is 0 Å². The molecule has 1 heterocycles. The van der Waals surface area contributed by atoms with Gasteiger partial charge in [0.2, 0.25) is 0 Å². The highest BCUT2D eigenvalue weighted by Crippen LogP contribution is 2.28. The van der Waals surface area contributed by atoms with Crippen LogP contribution in [0.25, 0.3) is 0 Å². The first-order valence-electron chi connectivity index (χ1n) is 5.37. The molecule has 0 aromatic heterocycles. The molecule has 0 bridgehead atoms. The lowest BCUT2D eigenvalue weighted by Crippen LogP contribution is -2.47. The molecule has 1 rings (SSSR count). The zero-order chi connectivity index (χ0) is 10.3. The maximum Gasteiger partial charge on any atom is 0.135 e. The second-order valence-electron chi connectivity index (χ2n) is 5.74. The van der Waals surface area contributed by atoms with Crippen LogP contribution in [0.5, 0.6) is 0 Å². The Kier molecular flexibility index (Phi) is 2.75. The third-order valence-electron chi connectivity index (χ3n) is 3.47. The van der Waals surface area contributed by atoms with Gasteiger partial charge in [-0.2, -0.15) is 0 Å². The average Bonchev–Trinajstić information content (AvgIpc) is 2.25. The molecular weight excluding hydrogens is 160 g/mol. The predicted molar refractivity (Wildman–Crippen MR) is 57.5 cm³/mol. The highest BCUT2D eigenvalue weighted by atomic mass is 15.5. The van der Waals surface area contributed by atoms with Gasteiger partial charge in [-0.25, -0.2) is 4.90 Å². The first kappa shape index (κ1) is 11.0. The lowest BCUT2D eigenvalue weighted by molar-refractivity contribution is -0.883. The van der Waals surface area contributed by atoms with Gasteiger partial charge in [-0.1, -0.05) is 6.92 Å². The molecule has 1 aliphatic heterocycles. The van der Waals surface area contributed by atoms with Crippen molar-refractivity contribution in [3.8, 4) is 0 Å². The molecule has 0 aromatic rings. The van der Waals surface area contributed by atoms with Crippen LogP contribution in [-0.4, -0.2) is 48.3 Å². The molecule has 0 aromatic carbocycles. The molecule has 1 atom stereocenters. The van der Waals surface area contributed by atoms with E-state index in [-0.39, 0.29) is 0 Å². The number of quaternary nitrogens is 1. The molecule has 1 saturated heterocycles. The molecule has 0 radical (unpaired) electrons. The molecule has 0 aliphatic carbocycles. The first-order valence-corrected chi connectivity index (χ1v) is 5.37. The highest BCUT2D eigenvalue weighted by Gasteiger charge is 2.41. The summed E-state index contributed by atoms with van der Waals surface area (Å²) in [7, 11) is 4.64. The number of likely N-dealkylation sites (N-methyl/N-ethyl adjacent to an activating group) is 1. The van der Waals surface area contributed by atoms with Crippen LogP contribution in [0.2, 0.25) is 0 Å². The van der Waals surface area contributed by atoms with Crippen LogP contribution in [-0.2, 0) is 0 Å². The average molecular weight is 185 g/mol. The summed E-state index contributed by atoms with van der Waals surface area (Å²) in [4.78, 5) is 2.65. The van der Waals surface area contributed by atoms with Gasteiger partial charge in [0.1, 0.15) is 6.67 Å². The van der Waals surface area contributed by atoms with Gasteiger partial charge in [-0.05, 0) is 27.2 Å². The SMILES string of the molecule is CCC(C)(C)N1C[N+](C)(C)CC1C. The number of hydrogen-bond acceptors (Lipinski definition) is 1. The van der Waals surface area contributed by atoms with Gasteiger partial charge in [0.25, 0.3) is 0 Å². The van der Waals surface area contributed by atoms with Crippen LogP contribution in [0.1, 0.15) is 34.1 Å². The van der Waals surface area contributed by atoms with Crippen molar-refractivity contribution in [3.63, 3.8) is 0 Å². The van der Waals surface area contributed by atoms with E-state index >= 15 is 0 Å². The van der Waals surface area contributed by atoms with Crippen molar-refractivity contribution >= 4 is 0 Å². The summed E-state index contributed by atoms with van der Waals surface area (Å²) in [5.74, 6) is 0. The van der Waals surface area contributed by atoms with Crippen LogP contribution < -0.4 is 0 Å². The monoisotopic (exact) mass is 185 g/mol. The molecule has 78 valence electrons. The lowest BCUT2D eigenvalue weighted by atomic mass is 9.98. The minimum atomic E-state index is 0.367. The third kappa shape index (κ3) is 2.23. The molecule has 0 amide bonds. The van der Waals surface area contributed by atoms with Gasteiger partial charge in [0, 0.05) is 5.54 Å². The van der Waals surface area contributed by atoms with E-state index in [1.807, 2.05) is 0 Å². The molecule has 0 N–H and O–H groups in total. The topological polar surface area (TPSA) is 3.24 Å². The molecule has 1 fully saturated rings. The van der Waals surface area contributed by atoms with Crippen molar-refractivity contribution in [3.05, 3.63) is 0 Å². The predicted octanol–water partition coefficient (Wildman–Crippen LogP) is 1.91. The molecule has 1 aliphatic rings. The van der Waals surface area contributed by atoms with E-state index in [1.54, 1.807) is 0 Å². The van der Waals surface area contributed by atoms with Crippen LogP contribution in [0.15, 0.2) is 0 Å². The van der Waals surface area contributed by atoms with Crippen LogP contribution in [0.3, 0.4) is 0 Å². The van der Waals surface area contributed by atoms with E-state index in [1.165, 1.54) is 19.6 Å². The molecule has 13 heavy (non-hydrogen) atoms. The Balaban J connectivity index is 2.73. The Labute approximate surface area is 83.1 Å². The van der Waals surface area contributed by atoms with Crippen molar-refractivity contribution in [2.45, 2.75) is 45.7 Å². The Morgan fingerprint density at radius 2 is 1.92 bits per heavy atom. The van der Waals surface area contributed by atoms with Gasteiger partial charge >= 0.3 is 0 Å². The first-order chi connectivity index (χ1) is 5.78. The molecule has 2 heteroatoms. The Morgan fingerprint density at radius 1 is 1.38 bits per heavy atom. The van der Waals surface area contributed by atoms with Gasteiger partial charge in [0.15, 0.2) is 0 Å². The van der Waals surface area contributed by atoms with Crippen molar-refractivity contribution in [2.24, 2.45) is 0 Å². The van der Waals surface area contributed by atoms with E-state index in [2.05, 4.69) is 46.7 Å². The Hall–Kier alpha value is -0.0800. The van der Waals surface area contributed by atoms with E-state index in [9.17, 15) is 0 Å². The fourth-order valence-corrected chi connectivity index (χ4v) is 2.41. The third-order valence-corrected chi connectivity index (χ3v) is 3.47. The van der Waals surface area contributed by atoms with Crippen molar-refractivity contribution in [1.82, 2.24) is 4.90 Å². The van der Waals surface area contributed by atoms with E-state index in [4.69, 9.17) is 0 Å². The van der Waals surface area contributed by atoms with Crippen LogP contribution >= 0.6 is 0 Å². The summed E-state index contributed by atoms with van der Waals surface area (Å²) in [6.07, 6.45) is 1.23. The molecule has 2 nitrogen and oxygen atoms in total. The van der Waals surface area contributed by atoms with Gasteiger partial charge < -0.3 is 4.48 Å². The van der Waals surface area contributed by atoms with Crippen molar-refractivity contribution in [1.29, 1.82) is 0 Å². The maximum atomic E-state index is 2.65. The van der Waals surface area contributed by atoms with Gasteiger partial charge in [0.05, 0.1) is 26.7 Å². The molecule has 0 saturated carbocycles. The Bertz CT molecular complexity index is 185. The van der Waals surface area contributed by atoms with E-state index < -0.39 is 0 Å². The second-order valence-corrected chi connectivity index (χ2v) is 5.74. The standard InChI is InChI=1S/C11H25N2/c1-7-11(3,4)12-9-13(5,6)8-10(12)2/h10H,7-9H2,1-6H3/q+1. The van der Waals surface area contributed by atoms with Crippen molar-refractivity contribution in [2.75, 3.05) is 27.3 Å². The fourth-order valence-electron chi connectivity index (χ4n) is 2.41. The summed E-state index contributed by atoms with van der Waals surface area (Å²) in [6, 6.07) is 0.727. The largest absolute Gasteiger partial charge is 0.315 e. The summed E-state index contributed by atoms with van der Waals surface area (Å²) < 4.78 is 1.14. The second kappa shape index (κ2) is 3.25. The maximum absolute atomic E-state index is 2.65. The lowest BCUT2D eigenvalue weighted by Gasteiger charge is -2.36. The van der Waals surface area contributed by atoms with Crippen LogP contribution in [0.4, 0.5) is 0 Å². The summed E-state index contributed by atoms with van der Waals surface area (Å²) in [5, 5.41) is 0. The number of nitrogens with zero attached hydrogens (tertiary/aromatic N) is 2. The van der Waals surface area contributed by atoms with Crippen LogP contribution in [0, 0.1) is 0 Å². The zero-order valence-electron chi connectivity index (χ0n) is 10.1. The zero-order valence-corrected chi connectivity index (χ0v) is 10.1. The Morgan fingerprint density at radius 3 is 2.23 bits per heavy atom. The smallest absolute Gasteiger partial charge is 0.135 e. The number of rotatable bonds is 2. The summed E-state index contributed by atoms with van der Waals surface area (Å²) in [5.41, 5.74) is 0.367. The fraction of sp³-hybridized carbons (Fsp3) is 1.00.